The van der Waals surface area contributed by atoms with E-state index in [9.17, 15) is 14.4 Å². The van der Waals surface area contributed by atoms with E-state index < -0.39 is 17.5 Å². The van der Waals surface area contributed by atoms with Crippen LogP contribution >= 0.6 is 0 Å². The number of halogens is 1. The second-order valence-corrected chi connectivity index (χ2v) is 12.2. The maximum atomic E-state index is 15.4. The van der Waals surface area contributed by atoms with E-state index in [1.807, 2.05) is 49.6 Å². The number of fused-ring (bicyclic) bond motifs is 2. The Labute approximate surface area is 239 Å². The quantitative estimate of drug-likeness (QED) is 0.378. The van der Waals surface area contributed by atoms with Crippen molar-refractivity contribution in [3.8, 4) is 11.1 Å². The molecule has 0 aliphatic carbocycles. The van der Waals surface area contributed by atoms with E-state index in [2.05, 4.69) is 4.98 Å². The molecule has 6 rings (SSSR count). The third-order valence-corrected chi connectivity index (χ3v) is 8.41. The Hall–Kier alpha value is -4.01. The summed E-state index contributed by atoms with van der Waals surface area (Å²) in [6, 6.07) is 10.4. The molecule has 2 amide bonds. The van der Waals surface area contributed by atoms with Gasteiger partial charge in [0.1, 0.15) is 23.7 Å². The van der Waals surface area contributed by atoms with Crippen molar-refractivity contribution in [3.63, 3.8) is 0 Å². The number of hydrogen-bond donors (Lipinski definition) is 0. The lowest BCUT2D eigenvalue weighted by atomic mass is 9.88. The molecule has 0 radical (unpaired) electrons. The molecule has 8 nitrogen and oxygen atoms in total. The zero-order valence-electron chi connectivity index (χ0n) is 23.7. The highest BCUT2D eigenvalue weighted by Crippen LogP contribution is 2.37. The van der Waals surface area contributed by atoms with E-state index in [1.165, 1.54) is 16.5 Å². The highest BCUT2D eigenvalue weighted by Gasteiger charge is 2.38. The number of imidazole rings is 1. The van der Waals surface area contributed by atoms with Gasteiger partial charge in [-0.25, -0.2) is 14.2 Å². The highest BCUT2D eigenvalue weighted by atomic mass is 19.1. The minimum absolute atomic E-state index is 0.0386. The number of carbonyl (C=O) groups is 3. The van der Waals surface area contributed by atoms with E-state index in [4.69, 9.17) is 4.74 Å². The van der Waals surface area contributed by atoms with E-state index >= 15 is 4.39 Å². The average molecular weight is 559 g/mol. The monoisotopic (exact) mass is 558 g/mol. The largest absolute Gasteiger partial charge is 0.444 e. The highest BCUT2D eigenvalue weighted by molar-refractivity contribution is 6.01. The first-order chi connectivity index (χ1) is 19.6. The molecule has 0 saturated carbocycles. The summed E-state index contributed by atoms with van der Waals surface area (Å²) >= 11 is 0. The van der Waals surface area contributed by atoms with Crippen molar-refractivity contribution >= 4 is 18.3 Å². The number of nitrogens with zero attached hydrogens (tertiary/aromatic N) is 4. The lowest BCUT2D eigenvalue weighted by molar-refractivity contribution is -0.112. The van der Waals surface area contributed by atoms with Crippen LogP contribution in [0, 0.1) is 5.82 Å². The molecule has 1 saturated heterocycles. The summed E-state index contributed by atoms with van der Waals surface area (Å²) in [5, 5.41) is 0. The van der Waals surface area contributed by atoms with Gasteiger partial charge in [0.2, 0.25) is 0 Å². The van der Waals surface area contributed by atoms with Gasteiger partial charge in [-0.2, -0.15) is 0 Å². The number of aromatic nitrogens is 2. The van der Waals surface area contributed by atoms with Gasteiger partial charge in [-0.15, -0.1) is 0 Å². The summed E-state index contributed by atoms with van der Waals surface area (Å²) < 4.78 is 22.9. The SMILES string of the molecule is CC(C)(C)OC(=O)N1CCC(c2ccc(-c3cc(F)c4c(c3)C(=O)N(C(C=O)c3ncn5c3CCC5)C4)cc2)CC1. The third-order valence-electron chi connectivity index (χ3n) is 8.41. The number of piperidine rings is 1. The molecular formula is C32H35FN4O4. The van der Waals surface area contributed by atoms with E-state index in [-0.39, 0.29) is 18.5 Å². The Balaban J connectivity index is 1.16. The molecule has 9 heteroatoms. The number of aldehydes is 1. The zero-order chi connectivity index (χ0) is 28.9. The van der Waals surface area contributed by atoms with Crippen molar-refractivity contribution in [2.45, 2.75) is 77.1 Å². The predicted octanol–water partition coefficient (Wildman–Crippen LogP) is 5.65. The van der Waals surface area contributed by atoms with Crippen molar-refractivity contribution in [2.24, 2.45) is 0 Å². The van der Waals surface area contributed by atoms with Crippen LogP contribution in [0.1, 0.15) is 84.9 Å². The van der Waals surface area contributed by atoms with Crippen LogP contribution in [0.4, 0.5) is 9.18 Å². The average Bonchev–Trinajstić information content (AvgIpc) is 3.65. The first kappa shape index (κ1) is 27.2. The molecule has 0 spiro atoms. The van der Waals surface area contributed by atoms with Gasteiger partial charge in [0.15, 0.2) is 0 Å². The topological polar surface area (TPSA) is 84.7 Å². The molecule has 3 aliphatic rings. The Morgan fingerprint density at radius 2 is 1.83 bits per heavy atom. The number of amides is 2. The van der Waals surface area contributed by atoms with Gasteiger partial charge in [-0.05, 0) is 81.2 Å². The summed E-state index contributed by atoms with van der Waals surface area (Å²) in [5.74, 6) is -0.489. The Morgan fingerprint density at radius 1 is 1.10 bits per heavy atom. The second-order valence-electron chi connectivity index (χ2n) is 12.2. The van der Waals surface area contributed by atoms with Crippen molar-refractivity contribution in [3.05, 3.63) is 76.6 Å². The van der Waals surface area contributed by atoms with Crippen LogP contribution in [-0.4, -0.2) is 56.3 Å². The molecule has 4 heterocycles. The normalized spacial score (nSPS) is 17.9. The van der Waals surface area contributed by atoms with Gasteiger partial charge in [-0.1, -0.05) is 24.3 Å². The van der Waals surface area contributed by atoms with Crippen LogP contribution in [0.5, 0.6) is 0 Å². The summed E-state index contributed by atoms with van der Waals surface area (Å²) in [6.07, 6.45) is 5.66. The van der Waals surface area contributed by atoms with E-state index in [0.717, 1.165) is 49.8 Å². The van der Waals surface area contributed by atoms with E-state index in [1.54, 1.807) is 17.3 Å². The Morgan fingerprint density at radius 3 is 2.51 bits per heavy atom. The molecule has 1 fully saturated rings. The number of hydrogen-bond acceptors (Lipinski definition) is 5. The van der Waals surface area contributed by atoms with Crippen LogP contribution < -0.4 is 0 Å². The maximum absolute atomic E-state index is 15.4. The molecule has 3 aromatic rings. The lowest BCUT2D eigenvalue weighted by Crippen LogP contribution is -2.41. The maximum Gasteiger partial charge on any atom is 0.410 e. The molecule has 1 aromatic heterocycles. The summed E-state index contributed by atoms with van der Waals surface area (Å²) in [6.45, 7) is 7.77. The first-order valence-electron chi connectivity index (χ1n) is 14.3. The van der Waals surface area contributed by atoms with Crippen LogP contribution in [0.3, 0.4) is 0 Å². The molecule has 214 valence electrons. The smallest absolute Gasteiger partial charge is 0.410 e. The fraction of sp³-hybridized carbons (Fsp3) is 0.438. The van der Waals surface area contributed by atoms with Crippen molar-refractivity contribution < 1.29 is 23.5 Å². The molecule has 3 aliphatic heterocycles. The number of rotatable bonds is 5. The summed E-state index contributed by atoms with van der Waals surface area (Å²) in [4.78, 5) is 45.7. The molecule has 2 aromatic carbocycles. The number of benzene rings is 2. The van der Waals surface area contributed by atoms with Crippen molar-refractivity contribution in [1.82, 2.24) is 19.4 Å². The first-order valence-corrected chi connectivity index (χ1v) is 14.3. The van der Waals surface area contributed by atoms with Gasteiger partial charge in [0, 0.05) is 36.5 Å². The molecular weight excluding hydrogens is 523 g/mol. The van der Waals surface area contributed by atoms with Gasteiger partial charge in [0.25, 0.3) is 5.91 Å². The predicted molar refractivity (Wildman–Crippen MR) is 151 cm³/mol. The van der Waals surface area contributed by atoms with E-state index in [0.29, 0.717) is 41.4 Å². The minimum Gasteiger partial charge on any atom is -0.444 e. The molecule has 1 atom stereocenters. The number of aryl methyl sites for hydroxylation is 1. The van der Waals surface area contributed by atoms with Crippen LogP contribution in [0.25, 0.3) is 11.1 Å². The number of likely N-dealkylation sites (tertiary alicyclic amines) is 1. The second kappa shape index (κ2) is 10.4. The Kier molecular flexibility index (Phi) is 6.91. The van der Waals surface area contributed by atoms with Crippen LogP contribution in [0.15, 0.2) is 42.7 Å². The molecule has 1 unspecified atom stereocenters. The zero-order valence-corrected chi connectivity index (χ0v) is 23.7. The summed E-state index contributed by atoms with van der Waals surface area (Å²) in [7, 11) is 0. The molecule has 41 heavy (non-hydrogen) atoms. The van der Waals surface area contributed by atoms with Crippen molar-refractivity contribution in [2.75, 3.05) is 13.1 Å². The van der Waals surface area contributed by atoms with Crippen LogP contribution in [0.2, 0.25) is 0 Å². The summed E-state index contributed by atoms with van der Waals surface area (Å²) in [5.41, 5.74) is 4.26. The molecule has 0 bridgehead atoms. The lowest BCUT2D eigenvalue weighted by Gasteiger charge is -2.33. The van der Waals surface area contributed by atoms with Gasteiger partial charge >= 0.3 is 6.09 Å². The minimum atomic E-state index is -0.840. The fourth-order valence-corrected chi connectivity index (χ4v) is 6.28. The van der Waals surface area contributed by atoms with Gasteiger partial charge in [0.05, 0.1) is 18.6 Å². The standard InChI is InChI=1S/C32H35FN4O4/c1-32(2,3)41-31(40)35-13-10-22(11-14-35)20-6-8-21(9-7-20)23-15-24-25(26(33)16-23)17-37(30(24)39)28(18-38)29-27-5-4-12-36(27)19-34-29/h6-9,15-16,18-19,22,28H,4-5,10-14,17H2,1-3H3. The fourth-order valence-electron chi connectivity index (χ4n) is 6.28. The van der Waals surface area contributed by atoms with Gasteiger partial charge < -0.3 is 23.9 Å². The van der Waals surface area contributed by atoms with Crippen LogP contribution in [-0.2, 0) is 29.0 Å². The third kappa shape index (κ3) is 5.13. The number of ether oxygens (including phenoxy) is 1. The Bertz CT molecular complexity index is 1500. The van der Waals surface area contributed by atoms with Gasteiger partial charge in [-0.3, -0.25) is 4.79 Å². The van der Waals surface area contributed by atoms with Crippen molar-refractivity contribution in [1.29, 1.82) is 0 Å². The molecule has 0 N–H and O–H groups in total. The number of carbonyl (C=O) groups excluding carboxylic acids is 3.